The van der Waals surface area contributed by atoms with Crippen LogP contribution in [0.15, 0.2) is 24.3 Å². The Morgan fingerprint density at radius 3 is 2.33 bits per heavy atom. The number of hydrogen-bond acceptors (Lipinski definition) is 3. The molecule has 1 aliphatic heterocycles. The van der Waals surface area contributed by atoms with Crippen molar-refractivity contribution >= 4 is 40.7 Å². The van der Waals surface area contributed by atoms with Crippen LogP contribution < -0.4 is 5.32 Å². The number of alkyl halides is 3. The molecule has 1 saturated heterocycles. The Hall–Kier alpha value is -0.520. The Labute approximate surface area is 139 Å². The maximum Gasteiger partial charge on any atom is 0.252 e. The Kier molecular flexibility index (Phi) is 5.74. The van der Waals surface area contributed by atoms with E-state index in [0.717, 1.165) is 5.56 Å². The number of nitrogens with one attached hydrogen (secondary N) is 1. The summed E-state index contributed by atoms with van der Waals surface area (Å²) in [4.78, 5) is 14.2. The summed E-state index contributed by atoms with van der Waals surface area (Å²) in [5.74, 6) is -0.266. The Morgan fingerprint density at radius 2 is 1.81 bits per heavy atom. The average molecular weight is 352 g/mol. The summed E-state index contributed by atoms with van der Waals surface area (Å²) in [6.45, 7) is 4.27. The third-order valence-electron chi connectivity index (χ3n) is 3.30. The lowest BCUT2D eigenvalue weighted by molar-refractivity contribution is 0.00996. The molecule has 1 atom stereocenters. The molecule has 1 fully saturated rings. The van der Waals surface area contributed by atoms with Crippen molar-refractivity contribution in [1.82, 2.24) is 10.2 Å². The van der Waals surface area contributed by atoms with Crippen LogP contribution in [0, 0.1) is 6.92 Å². The van der Waals surface area contributed by atoms with Gasteiger partial charge in [0.2, 0.25) is 3.79 Å². The molecule has 0 radical (unpaired) electrons. The molecular formula is C14H17Cl3N2O2. The molecule has 116 valence electrons. The summed E-state index contributed by atoms with van der Waals surface area (Å²) >= 11 is 18.1. The van der Waals surface area contributed by atoms with Gasteiger partial charge < -0.3 is 10.1 Å². The van der Waals surface area contributed by atoms with Crippen LogP contribution in [0.1, 0.15) is 15.9 Å². The SMILES string of the molecule is Cc1ccc(C(=O)N[C@H](N2CCOCC2)C(Cl)(Cl)Cl)cc1. The average Bonchev–Trinajstić information content (AvgIpc) is 2.45. The van der Waals surface area contributed by atoms with Crippen molar-refractivity contribution in [2.24, 2.45) is 0 Å². The monoisotopic (exact) mass is 350 g/mol. The number of carbonyl (C=O) groups excluding carboxylic acids is 1. The van der Waals surface area contributed by atoms with E-state index in [-0.39, 0.29) is 5.91 Å². The van der Waals surface area contributed by atoms with Crippen molar-refractivity contribution in [2.75, 3.05) is 26.3 Å². The van der Waals surface area contributed by atoms with Crippen LogP contribution in [0.3, 0.4) is 0 Å². The fourth-order valence-electron chi connectivity index (χ4n) is 2.13. The molecular weight excluding hydrogens is 335 g/mol. The molecule has 0 aromatic heterocycles. The number of amides is 1. The lowest BCUT2D eigenvalue weighted by Crippen LogP contribution is -2.58. The molecule has 1 heterocycles. The van der Waals surface area contributed by atoms with Crippen LogP contribution in [-0.2, 0) is 4.74 Å². The first kappa shape index (κ1) is 16.8. The zero-order chi connectivity index (χ0) is 15.5. The second-order valence-electron chi connectivity index (χ2n) is 4.93. The van der Waals surface area contributed by atoms with Gasteiger partial charge in [0.25, 0.3) is 5.91 Å². The van der Waals surface area contributed by atoms with Crippen LogP contribution in [-0.4, -0.2) is 47.1 Å². The maximum absolute atomic E-state index is 12.3. The number of morpholine rings is 1. The molecule has 7 heteroatoms. The highest BCUT2D eigenvalue weighted by Crippen LogP contribution is 2.32. The van der Waals surface area contributed by atoms with E-state index in [1.807, 2.05) is 24.0 Å². The molecule has 1 amide bonds. The molecule has 4 nitrogen and oxygen atoms in total. The summed E-state index contributed by atoms with van der Waals surface area (Å²) in [6.07, 6.45) is -0.694. The van der Waals surface area contributed by atoms with Crippen molar-refractivity contribution in [1.29, 1.82) is 0 Å². The summed E-state index contributed by atoms with van der Waals surface area (Å²) in [5.41, 5.74) is 1.62. The molecule has 1 aromatic rings. The van der Waals surface area contributed by atoms with Gasteiger partial charge in [0, 0.05) is 18.7 Å². The Bertz CT molecular complexity index is 482. The molecule has 1 N–H and O–H groups in total. The molecule has 0 bridgehead atoms. The van der Waals surface area contributed by atoms with E-state index in [1.165, 1.54) is 0 Å². The van der Waals surface area contributed by atoms with Gasteiger partial charge in [-0.05, 0) is 19.1 Å². The third-order valence-corrected chi connectivity index (χ3v) is 3.92. The van der Waals surface area contributed by atoms with E-state index < -0.39 is 9.96 Å². The van der Waals surface area contributed by atoms with Crippen LogP contribution in [0.5, 0.6) is 0 Å². The van der Waals surface area contributed by atoms with Gasteiger partial charge >= 0.3 is 0 Å². The van der Waals surface area contributed by atoms with Crippen LogP contribution in [0.2, 0.25) is 0 Å². The largest absolute Gasteiger partial charge is 0.379 e. The second-order valence-corrected chi connectivity index (χ2v) is 7.30. The minimum atomic E-state index is -1.61. The van der Waals surface area contributed by atoms with Gasteiger partial charge in [0.05, 0.1) is 13.2 Å². The Morgan fingerprint density at radius 1 is 1.24 bits per heavy atom. The van der Waals surface area contributed by atoms with E-state index in [9.17, 15) is 4.79 Å². The van der Waals surface area contributed by atoms with E-state index in [1.54, 1.807) is 12.1 Å². The number of rotatable bonds is 3. The number of carbonyl (C=O) groups is 1. The first-order valence-electron chi connectivity index (χ1n) is 6.64. The van der Waals surface area contributed by atoms with E-state index >= 15 is 0 Å². The first-order chi connectivity index (χ1) is 9.88. The van der Waals surface area contributed by atoms with Crippen LogP contribution in [0.4, 0.5) is 0 Å². The predicted molar refractivity (Wildman–Crippen MR) is 85.1 cm³/mol. The van der Waals surface area contributed by atoms with Crippen molar-refractivity contribution in [3.05, 3.63) is 35.4 Å². The van der Waals surface area contributed by atoms with Crippen LogP contribution >= 0.6 is 34.8 Å². The number of halogens is 3. The lowest BCUT2D eigenvalue weighted by Gasteiger charge is -2.38. The van der Waals surface area contributed by atoms with Crippen LogP contribution in [0.25, 0.3) is 0 Å². The quantitative estimate of drug-likeness (QED) is 0.852. The van der Waals surface area contributed by atoms with Gasteiger partial charge in [-0.2, -0.15) is 0 Å². The molecule has 0 saturated carbocycles. The first-order valence-corrected chi connectivity index (χ1v) is 7.77. The van der Waals surface area contributed by atoms with Crippen molar-refractivity contribution in [3.8, 4) is 0 Å². The third kappa shape index (κ3) is 4.73. The molecule has 0 unspecified atom stereocenters. The lowest BCUT2D eigenvalue weighted by atomic mass is 10.1. The standard InChI is InChI=1S/C14H17Cl3N2O2/c1-10-2-4-11(5-3-10)12(20)18-13(14(15,16)17)19-6-8-21-9-7-19/h2-5,13H,6-9H2,1H3,(H,18,20)/t13-/m1/s1. The minimum absolute atomic E-state index is 0.266. The zero-order valence-corrected chi connectivity index (χ0v) is 13.9. The smallest absolute Gasteiger partial charge is 0.252 e. The molecule has 1 aromatic carbocycles. The highest BCUT2D eigenvalue weighted by atomic mass is 35.6. The number of hydrogen-bond donors (Lipinski definition) is 1. The van der Waals surface area contributed by atoms with Gasteiger partial charge in [-0.1, -0.05) is 52.5 Å². The van der Waals surface area contributed by atoms with Crippen molar-refractivity contribution in [2.45, 2.75) is 16.9 Å². The molecule has 0 spiro atoms. The molecule has 0 aliphatic carbocycles. The normalized spacial score (nSPS) is 18.3. The highest BCUT2D eigenvalue weighted by Gasteiger charge is 2.39. The molecule has 21 heavy (non-hydrogen) atoms. The number of benzene rings is 1. The van der Waals surface area contributed by atoms with Gasteiger partial charge in [0.15, 0.2) is 0 Å². The van der Waals surface area contributed by atoms with Gasteiger partial charge in [-0.3, -0.25) is 9.69 Å². The topological polar surface area (TPSA) is 41.6 Å². The highest BCUT2D eigenvalue weighted by molar-refractivity contribution is 6.68. The summed E-state index contributed by atoms with van der Waals surface area (Å²) in [6, 6.07) is 7.24. The summed E-state index contributed by atoms with van der Waals surface area (Å²) < 4.78 is 3.67. The minimum Gasteiger partial charge on any atom is -0.379 e. The molecule has 2 rings (SSSR count). The molecule has 1 aliphatic rings. The number of ether oxygens (including phenoxy) is 1. The van der Waals surface area contributed by atoms with Gasteiger partial charge in [-0.15, -0.1) is 0 Å². The maximum atomic E-state index is 12.3. The van der Waals surface area contributed by atoms with E-state index in [4.69, 9.17) is 39.5 Å². The van der Waals surface area contributed by atoms with E-state index in [0.29, 0.717) is 31.9 Å². The number of aryl methyl sites for hydroxylation is 1. The predicted octanol–water partition coefficient (Wildman–Crippen LogP) is 2.75. The van der Waals surface area contributed by atoms with Gasteiger partial charge in [-0.25, -0.2) is 0 Å². The fraction of sp³-hybridized carbons (Fsp3) is 0.500. The van der Waals surface area contributed by atoms with Crippen molar-refractivity contribution < 1.29 is 9.53 Å². The fourth-order valence-corrected chi connectivity index (χ4v) is 2.71. The second kappa shape index (κ2) is 7.16. The van der Waals surface area contributed by atoms with E-state index in [2.05, 4.69) is 5.32 Å². The Balaban J connectivity index is 2.10. The zero-order valence-electron chi connectivity index (χ0n) is 11.6. The summed E-state index contributed by atoms with van der Waals surface area (Å²) in [7, 11) is 0. The van der Waals surface area contributed by atoms with Crippen molar-refractivity contribution in [3.63, 3.8) is 0 Å². The van der Waals surface area contributed by atoms with Gasteiger partial charge in [0.1, 0.15) is 6.17 Å². The summed E-state index contributed by atoms with van der Waals surface area (Å²) in [5, 5.41) is 2.80. The number of nitrogens with zero attached hydrogens (tertiary/aromatic N) is 1.